The molecule has 0 bridgehead atoms. The van der Waals surface area contributed by atoms with E-state index in [4.69, 9.17) is 0 Å². The van der Waals surface area contributed by atoms with Gasteiger partial charge >= 0.3 is 0 Å². The van der Waals surface area contributed by atoms with Crippen molar-refractivity contribution in [3.63, 3.8) is 0 Å². The summed E-state index contributed by atoms with van der Waals surface area (Å²) >= 11 is 2.02. The minimum Gasteiger partial charge on any atom is -0.135 e. The van der Waals surface area contributed by atoms with E-state index in [0.29, 0.717) is 0 Å². The van der Waals surface area contributed by atoms with Crippen LogP contribution < -0.4 is 0 Å². The number of hydrogen-bond acceptors (Lipinski definition) is 1. The van der Waals surface area contributed by atoms with Crippen LogP contribution >= 0.6 is 11.3 Å². The van der Waals surface area contributed by atoms with Gasteiger partial charge in [0.25, 0.3) is 0 Å². The first-order valence-corrected chi connectivity index (χ1v) is 9.98. The van der Waals surface area contributed by atoms with Crippen molar-refractivity contribution < 1.29 is 0 Å². The molecule has 0 nitrogen and oxygen atoms in total. The molecule has 0 spiro atoms. The van der Waals surface area contributed by atoms with Crippen molar-refractivity contribution in [1.29, 1.82) is 0 Å². The number of hydrogen-bond donors (Lipinski definition) is 0. The molecule has 3 aromatic carbocycles. The molecule has 1 fully saturated rings. The van der Waals surface area contributed by atoms with Gasteiger partial charge in [-0.05, 0) is 53.6 Å². The average Bonchev–Trinajstić information content (AvgIpc) is 3.03. The topological polar surface area (TPSA) is 0 Å². The van der Waals surface area contributed by atoms with Gasteiger partial charge in [0.2, 0.25) is 0 Å². The lowest BCUT2D eigenvalue weighted by molar-refractivity contribution is 0.446. The third-order valence-electron chi connectivity index (χ3n) is 5.76. The van der Waals surface area contributed by atoms with Crippen LogP contribution in [-0.4, -0.2) is 0 Å². The summed E-state index contributed by atoms with van der Waals surface area (Å²) in [5.74, 6) is 0.749. The molecule has 0 radical (unpaired) electrons. The summed E-state index contributed by atoms with van der Waals surface area (Å²) in [5.41, 5.74) is 3.02. The number of thiophene rings is 1. The summed E-state index contributed by atoms with van der Waals surface area (Å²) in [5, 5.41) is 5.77. The Labute approximate surface area is 147 Å². The summed E-state index contributed by atoms with van der Waals surface area (Å²) in [4.78, 5) is 0. The summed E-state index contributed by atoms with van der Waals surface area (Å²) in [6, 6.07) is 18.2. The van der Waals surface area contributed by atoms with E-state index in [2.05, 4.69) is 55.5 Å². The third kappa shape index (κ3) is 2.11. The highest BCUT2D eigenvalue weighted by Crippen LogP contribution is 2.46. The summed E-state index contributed by atoms with van der Waals surface area (Å²) in [6.07, 6.45) is 6.92. The molecule has 0 saturated heterocycles. The van der Waals surface area contributed by atoms with Gasteiger partial charge in [-0.15, -0.1) is 11.3 Å². The van der Waals surface area contributed by atoms with E-state index in [-0.39, 0.29) is 0 Å². The van der Waals surface area contributed by atoms with Crippen molar-refractivity contribution in [3.05, 3.63) is 59.7 Å². The maximum atomic E-state index is 2.50. The van der Waals surface area contributed by atoms with Crippen LogP contribution in [0.1, 0.15) is 49.1 Å². The molecular formula is C23H22S. The van der Waals surface area contributed by atoms with Crippen molar-refractivity contribution in [2.24, 2.45) is 0 Å². The molecule has 0 aliphatic heterocycles. The summed E-state index contributed by atoms with van der Waals surface area (Å²) in [6.45, 7) is 2.25. The van der Waals surface area contributed by atoms with E-state index in [9.17, 15) is 0 Å². The van der Waals surface area contributed by atoms with Crippen LogP contribution in [0.4, 0.5) is 0 Å². The molecule has 1 aliphatic carbocycles. The van der Waals surface area contributed by atoms with E-state index in [0.717, 1.165) is 5.92 Å². The lowest BCUT2D eigenvalue weighted by Gasteiger charge is -2.23. The molecule has 1 heteroatoms. The van der Waals surface area contributed by atoms with Gasteiger partial charge in [0.05, 0.1) is 0 Å². The highest BCUT2D eigenvalue weighted by Gasteiger charge is 2.21. The molecule has 5 rings (SSSR count). The van der Waals surface area contributed by atoms with Gasteiger partial charge in [0.1, 0.15) is 0 Å². The van der Waals surface area contributed by atoms with Gasteiger partial charge in [-0.25, -0.2) is 0 Å². The number of aryl methyl sites for hydroxylation is 1. The first-order valence-electron chi connectivity index (χ1n) is 9.16. The molecule has 1 heterocycles. The molecule has 0 unspecified atom stereocenters. The molecular weight excluding hydrogens is 308 g/mol. The highest BCUT2D eigenvalue weighted by atomic mass is 32.1. The van der Waals surface area contributed by atoms with Crippen LogP contribution in [0.25, 0.3) is 30.9 Å². The van der Waals surface area contributed by atoms with E-state index < -0.39 is 0 Å². The smallest absolute Gasteiger partial charge is 0.0396 e. The molecule has 1 aromatic heterocycles. The summed E-state index contributed by atoms with van der Waals surface area (Å²) < 4.78 is 3.02. The Balaban J connectivity index is 1.94. The Kier molecular flexibility index (Phi) is 3.38. The zero-order chi connectivity index (χ0) is 16.1. The van der Waals surface area contributed by atoms with Crippen LogP contribution in [0, 0.1) is 6.92 Å². The first kappa shape index (κ1) is 14.5. The highest BCUT2D eigenvalue weighted by molar-refractivity contribution is 7.26. The van der Waals surface area contributed by atoms with E-state index in [1.165, 1.54) is 63.9 Å². The maximum absolute atomic E-state index is 2.50. The lowest BCUT2D eigenvalue weighted by Crippen LogP contribution is -2.04. The second-order valence-corrected chi connectivity index (χ2v) is 8.30. The molecule has 24 heavy (non-hydrogen) atoms. The molecule has 4 aromatic rings. The molecule has 120 valence electrons. The minimum atomic E-state index is 0.749. The van der Waals surface area contributed by atoms with Crippen molar-refractivity contribution in [3.8, 4) is 0 Å². The van der Waals surface area contributed by atoms with Gasteiger partial charge in [0.15, 0.2) is 0 Å². The normalized spacial score (nSPS) is 16.4. The van der Waals surface area contributed by atoms with Crippen molar-refractivity contribution in [2.75, 3.05) is 0 Å². The monoisotopic (exact) mass is 330 g/mol. The molecule has 0 atom stereocenters. The van der Waals surface area contributed by atoms with Gasteiger partial charge < -0.3 is 0 Å². The Hall–Kier alpha value is -1.86. The molecule has 0 amide bonds. The van der Waals surface area contributed by atoms with Gasteiger partial charge in [-0.3, -0.25) is 0 Å². The fourth-order valence-corrected chi connectivity index (χ4v) is 5.91. The van der Waals surface area contributed by atoms with E-state index >= 15 is 0 Å². The van der Waals surface area contributed by atoms with Crippen LogP contribution in [-0.2, 0) is 0 Å². The van der Waals surface area contributed by atoms with Gasteiger partial charge in [0, 0.05) is 20.2 Å². The standard InChI is InChI=1S/C23H22S/c1-15-8-7-13-19-21-18-12-6-5-11-17(18)14-20(23(21)24-22(15)19)16-9-3-2-4-10-16/h5-8,11-14,16H,2-4,9-10H2,1H3. The Bertz CT molecular complexity index is 1050. The van der Waals surface area contributed by atoms with Gasteiger partial charge in [-0.1, -0.05) is 61.7 Å². The molecule has 1 saturated carbocycles. The summed E-state index contributed by atoms with van der Waals surface area (Å²) in [7, 11) is 0. The van der Waals surface area contributed by atoms with E-state index in [1.807, 2.05) is 11.3 Å². The largest absolute Gasteiger partial charge is 0.135 e. The lowest BCUT2D eigenvalue weighted by atomic mass is 9.82. The number of rotatable bonds is 1. The Morgan fingerprint density at radius 3 is 2.50 bits per heavy atom. The zero-order valence-electron chi connectivity index (χ0n) is 14.1. The van der Waals surface area contributed by atoms with Crippen LogP contribution in [0.3, 0.4) is 0 Å². The number of fused-ring (bicyclic) bond motifs is 5. The predicted molar refractivity (Wildman–Crippen MR) is 107 cm³/mol. The molecule has 1 aliphatic rings. The zero-order valence-corrected chi connectivity index (χ0v) is 15.0. The second-order valence-electron chi connectivity index (χ2n) is 7.28. The fraction of sp³-hybridized carbons (Fsp3) is 0.304. The van der Waals surface area contributed by atoms with Crippen molar-refractivity contribution >= 4 is 42.3 Å². The first-order chi connectivity index (χ1) is 11.8. The Morgan fingerprint density at radius 1 is 0.833 bits per heavy atom. The van der Waals surface area contributed by atoms with Crippen LogP contribution in [0.15, 0.2) is 48.5 Å². The van der Waals surface area contributed by atoms with Crippen LogP contribution in [0.5, 0.6) is 0 Å². The minimum absolute atomic E-state index is 0.749. The molecule has 0 N–H and O–H groups in total. The fourth-order valence-electron chi connectivity index (χ4n) is 4.53. The van der Waals surface area contributed by atoms with Crippen molar-refractivity contribution in [1.82, 2.24) is 0 Å². The predicted octanol–water partition coefficient (Wildman–Crippen LogP) is 7.56. The van der Waals surface area contributed by atoms with E-state index in [1.54, 1.807) is 10.3 Å². The Morgan fingerprint density at radius 2 is 1.62 bits per heavy atom. The SMILES string of the molecule is Cc1cccc2c1sc1c(C3CCCCC3)cc3ccccc3c12. The maximum Gasteiger partial charge on any atom is 0.0396 e. The van der Waals surface area contributed by atoms with Crippen molar-refractivity contribution in [2.45, 2.75) is 44.9 Å². The number of benzene rings is 3. The average molecular weight is 330 g/mol. The van der Waals surface area contributed by atoms with Crippen LogP contribution in [0.2, 0.25) is 0 Å². The second kappa shape index (κ2) is 5.60. The third-order valence-corrected chi connectivity index (χ3v) is 7.15. The quantitative estimate of drug-likeness (QED) is 0.338. The van der Waals surface area contributed by atoms with Gasteiger partial charge in [-0.2, -0.15) is 0 Å².